The fourth-order valence-electron chi connectivity index (χ4n) is 2.08. The zero-order chi connectivity index (χ0) is 16.9. The molecule has 0 aliphatic rings. The fourth-order valence-corrected chi connectivity index (χ4v) is 2.90. The van der Waals surface area contributed by atoms with Crippen LogP contribution in [0.15, 0.2) is 40.8 Å². The summed E-state index contributed by atoms with van der Waals surface area (Å²) in [5.74, 6) is 2.26. The van der Waals surface area contributed by atoms with Gasteiger partial charge in [-0.1, -0.05) is 29.8 Å². The molecule has 1 atom stereocenters. The molecule has 0 aliphatic carbocycles. The number of nitrogens with one attached hydrogen (secondary N) is 1. The largest absolute Gasteiger partial charge is 0.463 e. The predicted octanol–water partition coefficient (Wildman–Crippen LogP) is 3.15. The van der Waals surface area contributed by atoms with Gasteiger partial charge in [0, 0.05) is 5.75 Å². The maximum atomic E-state index is 11.9. The number of hydrogen-bond donors (Lipinski definition) is 2. The Morgan fingerprint density at radius 1 is 1.22 bits per heavy atom. The molecule has 2 rings (SSSR count). The van der Waals surface area contributed by atoms with Crippen LogP contribution >= 0.6 is 11.8 Å². The second-order valence-electron chi connectivity index (χ2n) is 5.94. The maximum Gasteiger partial charge on any atom is 0.230 e. The first-order chi connectivity index (χ1) is 10.9. The highest BCUT2D eigenvalue weighted by atomic mass is 32.2. The SMILES string of the molecule is Cc1ccc(CSCC(=O)NCC(C)(O)c2ccc(C)o2)cc1. The lowest BCUT2D eigenvalue weighted by molar-refractivity contribution is -0.119. The summed E-state index contributed by atoms with van der Waals surface area (Å²) in [6, 6.07) is 11.8. The van der Waals surface area contributed by atoms with Gasteiger partial charge in [-0.3, -0.25) is 4.79 Å². The lowest BCUT2D eigenvalue weighted by atomic mass is 10.0. The van der Waals surface area contributed by atoms with Crippen LogP contribution in [0.3, 0.4) is 0 Å². The molecule has 1 aromatic heterocycles. The normalized spacial score (nSPS) is 13.6. The Morgan fingerprint density at radius 3 is 2.52 bits per heavy atom. The van der Waals surface area contributed by atoms with Crippen LogP contribution in [-0.4, -0.2) is 23.3 Å². The third-order valence-corrected chi connectivity index (χ3v) is 4.53. The number of amides is 1. The number of aliphatic hydroxyl groups is 1. The highest BCUT2D eigenvalue weighted by molar-refractivity contribution is 7.99. The molecule has 0 spiro atoms. The fraction of sp³-hybridized carbons (Fsp3) is 0.389. The van der Waals surface area contributed by atoms with Crippen molar-refractivity contribution in [1.29, 1.82) is 0 Å². The molecule has 23 heavy (non-hydrogen) atoms. The van der Waals surface area contributed by atoms with Crippen molar-refractivity contribution >= 4 is 17.7 Å². The summed E-state index contributed by atoms with van der Waals surface area (Å²) in [7, 11) is 0. The lowest BCUT2D eigenvalue weighted by Gasteiger charge is -2.21. The molecule has 4 nitrogen and oxygen atoms in total. The molecule has 5 heteroatoms. The molecule has 0 radical (unpaired) electrons. The maximum absolute atomic E-state index is 11.9. The number of benzene rings is 1. The molecule has 0 saturated heterocycles. The number of carbonyl (C=O) groups excluding carboxylic acids is 1. The number of hydrogen-bond acceptors (Lipinski definition) is 4. The van der Waals surface area contributed by atoms with Crippen LogP contribution < -0.4 is 5.32 Å². The molecule has 2 aromatic rings. The zero-order valence-corrected chi connectivity index (χ0v) is 14.6. The van der Waals surface area contributed by atoms with E-state index in [4.69, 9.17) is 4.42 Å². The van der Waals surface area contributed by atoms with Gasteiger partial charge in [0.25, 0.3) is 0 Å². The second-order valence-corrected chi connectivity index (χ2v) is 6.92. The Hall–Kier alpha value is -1.72. The smallest absolute Gasteiger partial charge is 0.230 e. The molecule has 124 valence electrons. The molecule has 1 unspecified atom stereocenters. The molecule has 0 bridgehead atoms. The van der Waals surface area contributed by atoms with E-state index < -0.39 is 5.60 Å². The van der Waals surface area contributed by atoms with E-state index >= 15 is 0 Å². The van der Waals surface area contributed by atoms with Gasteiger partial charge in [-0.2, -0.15) is 0 Å². The number of thioether (sulfide) groups is 1. The molecule has 1 amide bonds. The van der Waals surface area contributed by atoms with Gasteiger partial charge in [0.1, 0.15) is 17.1 Å². The van der Waals surface area contributed by atoms with Crippen molar-refractivity contribution in [2.24, 2.45) is 0 Å². The van der Waals surface area contributed by atoms with E-state index in [0.717, 1.165) is 11.5 Å². The van der Waals surface area contributed by atoms with Crippen LogP contribution in [0.1, 0.15) is 29.6 Å². The third kappa shape index (κ3) is 5.44. The zero-order valence-electron chi connectivity index (χ0n) is 13.8. The molecule has 1 heterocycles. The Bertz CT molecular complexity index is 647. The van der Waals surface area contributed by atoms with E-state index in [-0.39, 0.29) is 12.5 Å². The highest BCUT2D eigenvalue weighted by Gasteiger charge is 2.27. The van der Waals surface area contributed by atoms with E-state index in [0.29, 0.717) is 11.5 Å². The molecule has 0 saturated carbocycles. The summed E-state index contributed by atoms with van der Waals surface area (Å²) in [4.78, 5) is 11.9. The molecule has 0 aliphatic heterocycles. The highest BCUT2D eigenvalue weighted by Crippen LogP contribution is 2.22. The number of carbonyl (C=O) groups is 1. The van der Waals surface area contributed by atoms with Crippen LogP contribution in [0.2, 0.25) is 0 Å². The van der Waals surface area contributed by atoms with Gasteiger partial charge in [0.15, 0.2) is 0 Å². The molecular formula is C18H23NO3S. The summed E-state index contributed by atoms with van der Waals surface area (Å²) in [5, 5.41) is 13.1. The van der Waals surface area contributed by atoms with Crippen molar-refractivity contribution in [3.63, 3.8) is 0 Å². The van der Waals surface area contributed by atoms with Crippen molar-refractivity contribution < 1.29 is 14.3 Å². The van der Waals surface area contributed by atoms with Crippen molar-refractivity contribution in [2.45, 2.75) is 32.1 Å². The van der Waals surface area contributed by atoms with Crippen LogP contribution in [0, 0.1) is 13.8 Å². The average molecular weight is 333 g/mol. The summed E-state index contributed by atoms with van der Waals surface area (Å²) < 4.78 is 5.42. The number of furan rings is 1. The number of aryl methyl sites for hydroxylation is 2. The van der Waals surface area contributed by atoms with Crippen LogP contribution in [0.4, 0.5) is 0 Å². The Kier molecular flexibility index (Phi) is 5.91. The van der Waals surface area contributed by atoms with Crippen molar-refractivity contribution in [3.05, 3.63) is 59.0 Å². The lowest BCUT2D eigenvalue weighted by Crippen LogP contribution is -2.39. The van der Waals surface area contributed by atoms with Gasteiger partial charge in [0.2, 0.25) is 5.91 Å². The Morgan fingerprint density at radius 2 is 1.91 bits per heavy atom. The van der Waals surface area contributed by atoms with Gasteiger partial charge < -0.3 is 14.8 Å². The van der Waals surface area contributed by atoms with Gasteiger partial charge >= 0.3 is 0 Å². The Labute approximate surface area is 141 Å². The van der Waals surface area contributed by atoms with Gasteiger partial charge in [0.05, 0.1) is 12.3 Å². The van der Waals surface area contributed by atoms with E-state index in [1.54, 1.807) is 30.8 Å². The minimum absolute atomic E-state index is 0.0920. The second kappa shape index (κ2) is 7.70. The third-order valence-electron chi connectivity index (χ3n) is 3.52. The monoisotopic (exact) mass is 333 g/mol. The molecule has 1 aromatic carbocycles. The van der Waals surface area contributed by atoms with Crippen LogP contribution in [0.25, 0.3) is 0 Å². The van der Waals surface area contributed by atoms with Crippen molar-refractivity contribution in [2.75, 3.05) is 12.3 Å². The quantitative estimate of drug-likeness (QED) is 0.817. The molecular weight excluding hydrogens is 310 g/mol. The summed E-state index contributed by atoms with van der Waals surface area (Å²) >= 11 is 1.55. The first-order valence-electron chi connectivity index (χ1n) is 7.56. The minimum atomic E-state index is -1.20. The van der Waals surface area contributed by atoms with Crippen molar-refractivity contribution in [1.82, 2.24) is 5.32 Å². The minimum Gasteiger partial charge on any atom is -0.463 e. The van der Waals surface area contributed by atoms with E-state index in [1.165, 1.54) is 11.1 Å². The number of rotatable bonds is 7. The van der Waals surface area contributed by atoms with E-state index in [9.17, 15) is 9.90 Å². The summed E-state index contributed by atoms with van der Waals surface area (Å²) in [6.45, 7) is 5.63. The predicted molar refractivity (Wildman–Crippen MR) is 93.4 cm³/mol. The van der Waals surface area contributed by atoms with E-state index in [1.807, 2.05) is 6.92 Å². The van der Waals surface area contributed by atoms with Crippen LogP contribution in [-0.2, 0) is 16.1 Å². The first kappa shape index (κ1) is 17.6. The topological polar surface area (TPSA) is 62.5 Å². The molecule has 2 N–H and O–H groups in total. The Balaban J connectivity index is 1.73. The summed E-state index contributed by atoms with van der Waals surface area (Å²) in [6.07, 6.45) is 0. The van der Waals surface area contributed by atoms with Crippen molar-refractivity contribution in [3.8, 4) is 0 Å². The van der Waals surface area contributed by atoms with Gasteiger partial charge in [-0.15, -0.1) is 11.8 Å². The van der Waals surface area contributed by atoms with Gasteiger partial charge in [-0.25, -0.2) is 0 Å². The van der Waals surface area contributed by atoms with Crippen LogP contribution in [0.5, 0.6) is 0 Å². The first-order valence-corrected chi connectivity index (χ1v) is 8.71. The standard InChI is InChI=1S/C18H23NO3S/c1-13-4-7-15(8-5-13)10-23-11-17(20)19-12-18(3,21)16-9-6-14(2)22-16/h4-9,21H,10-12H2,1-3H3,(H,19,20). The van der Waals surface area contributed by atoms with Gasteiger partial charge in [-0.05, 0) is 38.5 Å². The molecule has 0 fully saturated rings. The summed E-state index contributed by atoms with van der Waals surface area (Å²) in [5.41, 5.74) is 1.23. The average Bonchev–Trinajstić information content (AvgIpc) is 2.95. The van der Waals surface area contributed by atoms with E-state index in [2.05, 4.69) is 36.5 Å².